The van der Waals surface area contributed by atoms with Crippen molar-refractivity contribution < 1.29 is 23.1 Å². The maximum Gasteiger partial charge on any atom is 0.273 e. The van der Waals surface area contributed by atoms with Gasteiger partial charge in [-0.25, -0.2) is 13.8 Å². The van der Waals surface area contributed by atoms with Gasteiger partial charge in [-0.15, -0.1) is 0 Å². The van der Waals surface area contributed by atoms with Crippen LogP contribution in [0, 0.1) is 5.92 Å². The SMILES string of the molecule is NC(=O)c1ccccc1[C@@H]1CC(F)(F)CN1C(=O)c1ccc(C2CC2)c(OCC2CC2)n1. The molecule has 0 radical (unpaired) electrons. The number of aromatic nitrogens is 1. The van der Waals surface area contributed by atoms with Crippen LogP contribution in [0.25, 0.3) is 0 Å². The van der Waals surface area contributed by atoms with Crippen LogP contribution in [-0.4, -0.2) is 40.8 Å². The number of primary amides is 1. The molecule has 3 aliphatic rings. The average molecular weight is 441 g/mol. The predicted octanol–water partition coefficient (Wildman–Crippen LogP) is 4.07. The molecule has 2 saturated carbocycles. The van der Waals surface area contributed by atoms with Gasteiger partial charge in [0.15, 0.2) is 0 Å². The van der Waals surface area contributed by atoms with Gasteiger partial charge in [-0.2, -0.15) is 0 Å². The molecule has 1 saturated heterocycles. The van der Waals surface area contributed by atoms with Gasteiger partial charge in [-0.05, 0) is 55.2 Å². The Labute approximate surface area is 184 Å². The molecule has 1 aromatic carbocycles. The lowest BCUT2D eigenvalue weighted by atomic mass is 9.97. The summed E-state index contributed by atoms with van der Waals surface area (Å²) in [6, 6.07) is 8.78. The van der Waals surface area contributed by atoms with Gasteiger partial charge >= 0.3 is 0 Å². The molecule has 2 aromatic rings. The number of amides is 2. The van der Waals surface area contributed by atoms with Crippen LogP contribution in [0.1, 0.15) is 76.0 Å². The van der Waals surface area contributed by atoms with E-state index in [9.17, 15) is 18.4 Å². The average Bonchev–Trinajstić information content (AvgIpc) is 3.69. The third kappa shape index (κ3) is 4.18. The molecule has 2 heterocycles. The molecule has 1 aromatic heterocycles. The molecule has 2 N–H and O–H groups in total. The lowest BCUT2D eigenvalue weighted by Crippen LogP contribution is -2.34. The van der Waals surface area contributed by atoms with Crippen LogP contribution in [0.3, 0.4) is 0 Å². The summed E-state index contributed by atoms with van der Waals surface area (Å²) in [6.45, 7) is -0.186. The Balaban J connectivity index is 1.46. The summed E-state index contributed by atoms with van der Waals surface area (Å²) in [6.07, 6.45) is 3.79. The predicted molar refractivity (Wildman–Crippen MR) is 113 cm³/mol. The van der Waals surface area contributed by atoms with Gasteiger partial charge in [-0.3, -0.25) is 9.59 Å². The molecule has 3 fully saturated rings. The summed E-state index contributed by atoms with van der Waals surface area (Å²) in [4.78, 5) is 30.8. The van der Waals surface area contributed by atoms with Crippen molar-refractivity contribution in [3.63, 3.8) is 0 Å². The van der Waals surface area contributed by atoms with Crippen molar-refractivity contribution in [3.05, 3.63) is 58.8 Å². The summed E-state index contributed by atoms with van der Waals surface area (Å²) in [5.41, 5.74) is 6.96. The summed E-state index contributed by atoms with van der Waals surface area (Å²) in [5.74, 6) is -3.06. The van der Waals surface area contributed by atoms with Crippen molar-refractivity contribution in [2.75, 3.05) is 13.2 Å². The van der Waals surface area contributed by atoms with Crippen LogP contribution < -0.4 is 10.5 Å². The van der Waals surface area contributed by atoms with E-state index in [1.807, 2.05) is 6.07 Å². The maximum atomic E-state index is 14.5. The Morgan fingerprint density at radius 2 is 1.84 bits per heavy atom. The highest BCUT2D eigenvalue weighted by atomic mass is 19.3. The van der Waals surface area contributed by atoms with Crippen LogP contribution in [-0.2, 0) is 0 Å². The first-order valence-corrected chi connectivity index (χ1v) is 11.0. The molecule has 8 heteroatoms. The van der Waals surface area contributed by atoms with E-state index >= 15 is 0 Å². The van der Waals surface area contributed by atoms with Gasteiger partial charge < -0.3 is 15.4 Å². The van der Waals surface area contributed by atoms with E-state index < -0.39 is 36.7 Å². The first-order chi connectivity index (χ1) is 15.3. The minimum absolute atomic E-state index is 0.0689. The molecular weight excluding hydrogens is 416 g/mol. The first-order valence-electron chi connectivity index (χ1n) is 11.0. The van der Waals surface area contributed by atoms with Gasteiger partial charge in [0.2, 0.25) is 11.8 Å². The number of nitrogens with two attached hydrogens (primary N) is 1. The van der Waals surface area contributed by atoms with Gasteiger partial charge in [0.05, 0.1) is 19.2 Å². The van der Waals surface area contributed by atoms with Gasteiger partial charge in [0, 0.05) is 17.5 Å². The number of nitrogens with zero attached hydrogens (tertiary/aromatic N) is 2. The molecule has 168 valence electrons. The fourth-order valence-corrected chi connectivity index (χ4v) is 4.34. The fraction of sp³-hybridized carbons (Fsp3) is 0.458. The molecule has 0 spiro atoms. The van der Waals surface area contributed by atoms with Gasteiger partial charge in [0.25, 0.3) is 11.8 Å². The summed E-state index contributed by atoms with van der Waals surface area (Å²) in [7, 11) is 0. The van der Waals surface area contributed by atoms with Crippen LogP contribution in [0.15, 0.2) is 36.4 Å². The quantitative estimate of drug-likeness (QED) is 0.702. The van der Waals surface area contributed by atoms with Crippen molar-refractivity contribution in [2.24, 2.45) is 11.7 Å². The van der Waals surface area contributed by atoms with Gasteiger partial charge in [0.1, 0.15) is 5.69 Å². The summed E-state index contributed by atoms with van der Waals surface area (Å²) < 4.78 is 34.8. The van der Waals surface area contributed by atoms with Gasteiger partial charge in [-0.1, -0.05) is 24.3 Å². The largest absolute Gasteiger partial charge is 0.477 e. The maximum absolute atomic E-state index is 14.5. The number of hydrogen-bond acceptors (Lipinski definition) is 4. The number of pyridine rings is 1. The molecule has 1 atom stereocenters. The van der Waals surface area contributed by atoms with E-state index in [1.54, 1.807) is 24.3 Å². The number of alkyl halides is 2. The van der Waals surface area contributed by atoms with Crippen LogP contribution in [0.5, 0.6) is 5.88 Å². The standard InChI is InChI=1S/C24H25F2N3O3/c25-24(26)11-20(17-3-1-2-4-18(17)21(27)30)29(13-24)23(31)19-10-9-16(15-7-8-15)22(28-19)32-12-14-5-6-14/h1-4,9-10,14-15,20H,5-8,11-13H2,(H2,27,30)/t20-/m0/s1. The number of likely N-dealkylation sites (tertiary alicyclic amines) is 1. The molecule has 0 bridgehead atoms. The van der Waals surface area contributed by atoms with Crippen molar-refractivity contribution in [2.45, 2.75) is 50.0 Å². The highest BCUT2D eigenvalue weighted by Crippen LogP contribution is 2.45. The zero-order valence-corrected chi connectivity index (χ0v) is 17.6. The number of rotatable bonds is 7. The molecule has 32 heavy (non-hydrogen) atoms. The Morgan fingerprint density at radius 1 is 1.09 bits per heavy atom. The van der Waals surface area contributed by atoms with Crippen LogP contribution in [0.2, 0.25) is 0 Å². The number of carbonyl (C=O) groups is 2. The van der Waals surface area contributed by atoms with Crippen molar-refractivity contribution >= 4 is 11.8 Å². The highest BCUT2D eigenvalue weighted by molar-refractivity contribution is 5.96. The normalized spacial score (nSPS) is 22.1. The molecule has 2 amide bonds. The number of hydrogen-bond donors (Lipinski definition) is 1. The second-order valence-electron chi connectivity index (χ2n) is 9.08. The minimum atomic E-state index is -3.08. The fourth-order valence-electron chi connectivity index (χ4n) is 4.34. The molecule has 0 unspecified atom stereocenters. The Kier molecular flexibility index (Phi) is 5.10. The van der Waals surface area contributed by atoms with E-state index in [0.717, 1.165) is 36.1 Å². The van der Waals surface area contributed by atoms with Crippen LogP contribution in [0.4, 0.5) is 8.78 Å². The molecule has 1 aliphatic heterocycles. The lowest BCUT2D eigenvalue weighted by molar-refractivity contribution is 0.0117. The van der Waals surface area contributed by atoms with E-state index in [0.29, 0.717) is 29.9 Å². The monoisotopic (exact) mass is 441 g/mol. The number of ether oxygens (including phenoxy) is 1. The van der Waals surface area contributed by atoms with E-state index in [2.05, 4.69) is 4.98 Å². The zero-order valence-electron chi connectivity index (χ0n) is 17.6. The molecule has 2 aliphatic carbocycles. The molecule has 5 rings (SSSR count). The number of carbonyl (C=O) groups excluding carboxylic acids is 2. The Hall–Kier alpha value is -3.03. The summed E-state index contributed by atoms with van der Waals surface area (Å²) >= 11 is 0. The topological polar surface area (TPSA) is 85.5 Å². The first kappa shape index (κ1) is 20.8. The van der Waals surface area contributed by atoms with E-state index in [4.69, 9.17) is 10.5 Å². The third-order valence-electron chi connectivity index (χ3n) is 6.39. The van der Waals surface area contributed by atoms with Crippen LogP contribution >= 0.6 is 0 Å². The Bertz CT molecular complexity index is 1070. The zero-order chi connectivity index (χ0) is 22.5. The van der Waals surface area contributed by atoms with E-state index in [1.165, 1.54) is 6.07 Å². The Morgan fingerprint density at radius 3 is 2.53 bits per heavy atom. The molecule has 6 nitrogen and oxygen atoms in total. The number of benzene rings is 1. The second-order valence-corrected chi connectivity index (χ2v) is 9.08. The highest BCUT2D eigenvalue weighted by Gasteiger charge is 2.48. The number of halogens is 2. The van der Waals surface area contributed by atoms with E-state index in [-0.39, 0.29) is 11.3 Å². The second kappa shape index (κ2) is 7.83. The smallest absolute Gasteiger partial charge is 0.273 e. The van der Waals surface area contributed by atoms with Crippen molar-refractivity contribution in [1.82, 2.24) is 9.88 Å². The third-order valence-corrected chi connectivity index (χ3v) is 6.39. The molecular formula is C24H25F2N3O3. The lowest BCUT2D eigenvalue weighted by Gasteiger charge is -2.25. The summed E-state index contributed by atoms with van der Waals surface area (Å²) in [5, 5.41) is 0. The van der Waals surface area contributed by atoms with Crippen molar-refractivity contribution in [1.29, 1.82) is 0 Å². The van der Waals surface area contributed by atoms with Crippen molar-refractivity contribution in [3.8, 4) is 5.88 Å². The minimum Gasteiger partial charge on any atom is -0.477 e.